The number of benzene rings is 1. The van der Waals surface area contributed by atoms with E-state index >= 15 is 0 Å². The molecule has 0 aliphatic carbocycles. The minimum atomic E-state index is -0.120. The first-order chi connectivity index (χ1) is 8.60. The molecule has 4 nitrogen and oxygen atoms in total. The van der Waals surface area contributed by atoms with E-state index in [0.29, 0.717) is 13.1 Å². The van der Waals surface area contributed by atoms with Crippen molar-refractivity contribution in [2.45, 2.75) is 26.3 Å². The van der Waals surface area contributed by atoms with Crippen molar-refractivity contribution in [3.8, 4) is 5.75 Å². The molecule has 1 unspecified atom stereocenters. The quantitative estimate of drug-likeness (QED) is 0.808. The van der Waals surface area contributed by atoms with Crippen molar-refractivity contribution < 1.29 is 9.90 Å². The van der Waals surface area contributed by atoms with E-state index in [1.807, 2.05) is 19.1 Å². The Labute approximate surface area is 108 Å². The fraction of sp³-hybridized carbons (Fsp3) is 0.500. The molecule has 4 heteroatoms. The highest BCUT2D eigenvalue weighted by atomic mass is 16.3. The number of rotatable bonds is 6. The number of hydrogen-bond donors (Lipinski definition) is 2. The molecular formula is C14H22N2O2. The molecule has 1 atom stereocenters. The van der Waals surface area contributed by atoms with Gasteiger partial charge in [-0.25, -0.2) is 0 Å². The van der Waals surface area contributed by atoms with Crippen molar-refractivity contribution in [3.63, 3.8) is 0 Å². The molecule has 0 spiro atoms. The van der Waals surface area contributed by atoms with E-state index in [1.54, 1.807) is 24.1 Å². The zero-order valence-electron chi connectivity index (χ0n) is 11.1. The first kappa shape index (κ1) is 14.5. The van der Waals surface area contributed by atoms with Gasteiger partial charge in [0.05, 0.1) is 5.92 Å². The molecule has 0 saturated carbocycles. The molecule has 0 heterocycles. The topological polar surface area (TPSA) is 66.6 Å². The Morgan fingerprint density at radius 2 is 2.11 bits per heavy atom. The van der Waals surface area contributed by atoms with E-state index < -0.39 is 0 Å². The molecule has 1 aromatic rings. The van der Waals surface area contributed by atoms with Crippen LogP contribution in [-0.2, 0) is 11.3 Å². The molecule has 18 heavy (non-hydrogen) atoms. The monoisotopic (exact) mass is 250 g/mol. The summed E-state index contributed by atoms with van der Waals surface area (Å²) in [5.74, 6) is 0.144. The predicted molar refractivity (Wildman–Crippen MR) is 72.0 cm³/mol. The SMILES string of the molecule is CCCC(CN)C(=O)N(C)Cc1ccccc1O. The number of phenolic OH excluding ortho intramolecular Hbond substituents is 1. The van der Waals surface area contributed by atoms with Crippen molar-refractivity contribution in [1.29, 1.82) is 0 Å². The average Bonchev–Trinajstić information content (AvgIpc) is 2.37. The average molecular weight is 250 g/mol. The Hall–Kier alpha value is -1.55. The zero-order chi connectivity index (χ0) is 13.5. The van der Waals surface area contributed by atoms with Gasteiger partial charge in [0, 0.05) is 25.7 Å². The van der Waals surface area contributed by atoms with Crippen molar-refractivity contribution >= 4 is 5.91 Å². The van der Waals surface area contributed by atoms with Crippen LogP contribution < -0.4 is 5.73 Å². The molecule has 3 N–H and O–H groups in total. The summed E-state index contributed by atoms with van der Waals surface area (Å²) < 4.78 is 0. The Morgan fingerprint density at radius 3 is 2.67 bits per heavy atom. The number of carbonyl (C=O) groups is 1. The van der Waals surface area contributed by atoms with E-state index in [4.69, 9.17) is 5.73 Å². The first-order valence-electron chi connectivity index (χ1n) is 6.32. The van der Waals surface area contributed by atoms with Gasteiger partial charge in [-0.3, -0.25) is 4.79 Å². The van der Waals surface area contributed by atoms with Crippen molar-refractivity contribution in [2.24, 2.45) is 11.7 Å². The predicted octanol–water partition coefficient (Wildman–Crippen LogP) is 1.73. The van der Waals surface area contributed by atoms with Crippen LogP contribution in [-0.4, -0.2) is 29.5 Å². The second-order valence-corrected chi connectivity index (χ2v) is 4.54. The molecule has 0 aliphatic heterocycles. The summed E-state index contributed by atoms with van der Waals surface area (Å²) in [6, 6.07) is 7.05. The third-order valence-electron chi connectivity index (χ3n) is 3.05. The summed E-state index contributed by atoms with van der Waals surface area (Å²) >= 11 is 0. The minimum absolute atomic E-state index is 0.0441. The summed E-state index contributed by atoms with van der Waals surface area (Å²) in [6.45, 7) is 2.82. The number of phenols is 1. The maximum atomic E-state index is 12.1. The van der Waals surface area contributed by atoms with E-state index in [0.717, 1.165) is 18.4 Å². The standard InChI is InChI=1S/C14H22N2O2/c1-3-6-11(9-15)14(18)16(2)10-12-7-4-5-8-13(12)17/h4-5,7-8,11,17H,3,6,9-10,15H2,1-2H3. The van der Waals surface area contributed by atoms with Gasteiger partial charge in [-0.05, 0) is 12.5 Å². The Bertz CT molecular complexity index is 393. The zero-order valence-corrected chi connectivity index (χ0v) is 11.1. The van der Waals surface area contributed by atoms with Gasteiger partial charge in [0.1, 0.15) is 5.75 Å². The van der Waals surface area contributed by atoms with Crippen molar-refractivity contribution in [3.05, 3.63) is 29.8 Å². The van der Waals surface area contributed by atoms with Gasteiger partial charge in [0.15, 0.2) is 0 Å². The fourth-order valence-electron chi connectivity index (χ4n) is 1.98. The summed E-state index contributed by atoms with van der Waals surface area (Å²) in [6.07, 6.45) is 1.75. The molecule has 0 radical (unpaired) electrons. The lowest BCUT2D eigenvalue weighted by Crippen LogP contribution is -2.36. The lowest BCUT2D eigenvalue weighted by atomic mass is 10.0. The highest BCUT2D eigenvalue weighted by Crippen LogP contribution is 2.18. The van der Waals surface area contributed by atoms with Crippen LogP contribution in [0.25, 0.3) is 0 Å². The molecule has 0 bridgehead atoms. The van der Waals surface area contributed by atoms with Crippen LogP contribution in [0.4, 0.5) is 0 Å². The third kappa shape index (κ3) is 3.74. The first-order valence-corrected chi connectivity index (χ1v) is 6.32. The van der Waals surface area contributed by atoms with Gasteiger partial charge >= 0.3 is 0 Å². The summed E-state index contributed by atoms with van der Waals surface area (Å²) in [4.78, 5) is 13.8. The van der Waals surface area contributed by atoms with E-state index in [2.05, 4.69) is 0 Å². The maximum absolute atomic E-state index is 12.1. The Balaban J connectivity index is 2.67. The minimum Gasteiger partial charge on any atom is -0.508 e. The van der Waals surface area contributed by atoms with Crippen LogP contribution in [0, 0.1) is 5.92 Å². The maximum Gasteiger partial charge on any atom is 0.226 e. The van der Waals surface area contributed by atoms with Crippen LogP contribution in [0.1, 0.15) is 25.3 Å². The molecular weight excluding hydrogens is 228 g/mol. The van der Waals surface area contributed by atoms with Crippen LogP contribution in [0.15, 0.2) is 24.3 Å². The second kappa shape index (κ2) is 7.01. The Kier molecular flexibility index (Phi) is 5.65. The number of aromatic hydroxyl groups is 1. The fourth-order valence-corrected chi connectivity index (χ4v) is 1.98. The smallest absolute Gasteiger partial charge is 0.226 e. The molecule has 0 saturated heterocycles. The number of nitrogens with zero attached hydrogens (tertiary/aromatic N) is 1. The summed E-state index contributed by atoms with van der Waals surface area (Å²) in [5.41, 5.74) is 6.37. The molecule has 100 valence electrons. The summed E-state index contributed by atoms with van der Waals surface area (Å²) in [5, 5.41) is 9.68. The van der Waals surface area contributed by atoms with Gasteiger partial charge < -0.3 is 15.7 Å². The van der Waals surface area contributed by atoms with E-state index in [-0.39, 0.29) is 17.6 Å². The van der Waals surface area contributed by atoms with Crippen LogP contribution >= 0.6 is 0 Å². The van der Waals surface area contributed by atoms with E-state index in [1.165, 1.54) is 0 Å². The Morgan fingerprint density at radius 1 is 1.44 bits per heavy atom. The molecule has 0 aromatic heterocycles. The van der Waals surface area contributed by atoms with Crippen LogP contribution in [0.3, 0.4) is 0 Å². The van der Waals surface area contributed by atoms with E-state index in [9.17, 15) is 9.90 Å². The van der Waals surface area contributed by atoms with Crippen LogP contribution in [0.2, 0.25) is 0 Å². The lowest BCUT2D eigenvalue weighted by molar-refractivity contribution is -0.134. The van der Waals surface area contributed by atoms with Crippen molar-refractivity contribution in [2.75, 3.05) is 13.6 Å². The van der Waals surface area contributed by atoms with Gasteiger partial charge in [-0.15, -0.1) is 0 Å². The molecule has 0 aliphatic rings. The van der Waals surface area contributed by atoms with Crippen LogP contribution in [0.5, 0.6) is 5.75 Å². The van der Waals surface area contributed by atoms with Gasteiger partial charge in [-0.1, -0.05) is 31.5 Å². The normalized spacial score (nSPS) is 12.2. The second-order valence-electron chi connectivity index (χ2n) is 4.54. The summed E-state index contributed by atoms with van der Waals surface area (Å²) in [7, 11) is 1.74. The number of para-hydroxylation sites is 1. The number of carbonyl (C=O) groups excluding carboxylic acids is 1. The number of hydrogen-bond acceptors (Lipinski definition) is 3. The highest BCUT2D eigenvalue weighted by molar-refractivity contribution is 5.78. The van der Waals surface area contributed by atoms with Gasteiger partial charge in [0.25, 0.3) is 0 Å². The lowest BCUT2D eigenvalue weighted by Gasteiger charge is -2.23. The third-order valence-corrected chi connectivity index (χ3v) is 3.05. The molecule has 0 fully saturated rings. The largest absolute Gasteiger partial charge is 0.508 e. The molecule has 1 amide bonds. The highest BCUT2D eigenvalue weighted by Gasteiger charge is 2.20. The molecule has 1 aromatic carbocycles. The number of nitrogens with two attached hydrogens (primary N) is 1. The van der Waals surface area contributed by atoms with Gasteiger partial charge in [-0.2, -0.15) is 0 Å². The molecule has 1 rings (SSSR count). The van der Waals surface area contributed by atoms with Crippen molar-refractivity contribution in [1.82, 2.24) is 4.90 Å². The number of amides is 1. The van der Waals surface area contributed by atoms with Gasteiger partial charge in [0.2, 0.25) is 5.91 Å².